The fraction of sp³-hybridized carbons (Fsp3) is 0.350. The Morgan fingerprint density at radius 2 is 1.96 bits per heavy atom. The lowest BCUT2D eigenvalue weighted by atomic mass is 9.87. The fourth-order valence-corrected chi connectivity index (χ4v) is 3.33. The van der Waals surface area contributed by atoms with Gasteiger partial charge in [0.25, 0.3) is 0 Å². The number of nitrogens with one attached hydrogen (secondary N) is 1. The molecule has 0 heterocycles. The molecule has 0 aromatic heterocycles. The molecule has 1 aliphatic rings. The van der Waals surface area contributed by atoms with E-state index in [1.54, 1.807) is 7.11 Å². The van der Waals surface area contributed by atoms with Crippen LogP contribution in [0.2, 0.25) is 0 Å². The van der Waals surface area contributed by atoms with Crippen LogP contribution in [0.4, 0.5) is 0 Å². The van der Waals surface area contributed by atoms with Crippen molar-refractivity contribution >= 4 is 5.91 Å². The van der Waals surface area contributed by atoms with E-state index in [1.807, 2.05) is 24.3 Å². The zero-order valence-electron chi connectivity index (χ0n) is 13.5. The summed E-state index contributed by atoms with van der Waals surface area (Å²) in [6.45, 7) is 0. The molecule has 2 aromatic rings. The second-order valence-electron chi connectivity index (χ2n) is 6.02. The van der Waals surface area contributed by atoms with Crippen molar-refractivity contribution in [3.63, 3.8) is 0 Å². The van der Waals surface area contributed by atoms with Crippen LogP contribution in [-0.4, -0.2) is 13.0 Å². The summed E-state index contributed by atoms with van der Waals surface area (Å²) in [6.07, 6.45) is 4.46. The molecule has 1 amide bonds. The van der Waals surface area contributed by atoms with Crippen molar-refractivity contribution in [3.05, 3.63) is 65.2 Å². The highest BCUT2D eigenvalue weighted by atomic mass is 16.5. The van der Waals surface area contributed by atoms with Gasteiger partial charge in [0, 0.05) is 6.42 Å². The largest absolute Gasteiger partial charge is 0.496 e. The van der Waals surface area contributed by atoms with Gasteiger partial charge in [0.15, 0.2) is 0 Å². The van der Waals surface area contributed by atoms with Crippen LogP contribution in [0.3, 0.4) is 0 Å². The number of benzene rings is 2. The van der Waals surface area contributed by atoms with Gasteiger partial charge >= 0.3 is 0 Å². The minimum absolute atomic E-state index is 0.109. The average molecular weight is 309 g/mol. The lowest BCUT2D eigenvalue weighted by Crippen LogP contribution is -2.31. The number of fused-ring (bicyclic) bond motifs is 1. The minimum Gasteiger partial charge on any atom is -0.496 e. The molecule has 0 saturated carbocycles. The van der Waals surface area contributed by atoms with Gasteiger partial charge in [-0.3, -0.25) is 4.79 Å². The number of para-hydroxylation sites is 1. The Morgan fingerprint density at radius 1 is 1.17 bits per heavy atom. The van der Waals surface area contributed by atoms with Crippen LogP contribution in [0, 0.1) is 0 Å². The first-order valence-corrected chi connectivity index (χ1v) is 8.27. The van der Waals surface area contributed by atoms with E-state index in [9.17, 15) is 4.79 Å². The van der Waals surface area contributed by atoms with Gasteiger partial charge in [0.1, 0.15) is 5.75 Å². The quantitative estimate of drug-likeness (QED) is 0.912. The summed E-state index contributed by atoms with van der Waals surface area (Å²) in [5.41, 5.74) is 3.73. The standard InChI is InChI=1S/C20H23NO2/c1-23-19-12-5-3-8-16(19)13-14-20(22)21-18-11-6-9-15-7-2-4-10-17(15)18/h2-5,7-8,10,12,18H,6,9,11,13-14H2,1H3,(H,21,22)/t18-/m0/s1. The maximum atomic E-state index is 12.3. The third-order valence-electron chi connectivity index (χ3n) is 4.52. The molecule has 0 aliphatic heterocycles. The highest BCUT2D eigenvalue weighted by molar-refractivity contribution is 5.77. The Labute approximate surface area is 137 Å². The average Bonchev–Trinajstić information content (AvgIpc) is 2.60. The number of hydrogen-bond donors (Lipinski definition) is 1. The van der Waals surface area contributed by atoms with Crippen molar-refractivity contribution in [2.75, 3.05) is 7.11 Å². The predicted octanol–water partition coefficient (Wildman–Crippen LogP) is 3.82. The van der Waals surface area contributed by atoms with Crippen LogP contribution in [-0.2, 0) is 17.6 Å². The van der Waals surface area contributed by atoms with Gasteiger partial charge in [0.2, 0.25) is 5.91 Å². The summed E-state index contributed by atoms with van der Waals surface area (Å²) in [5, 5.41) is 3.20. The van der Waals surface area contributed by atoms with Crippen molar-refractivity contribution in [1.29, 1.82) is 0 Å². The molecule has 1 aliphatic carbocycles. The van der Waals surface area contributed by atoms with E-state index in [1.165, 1.54) is 11.1 Å². The van der Waals surface area contributed by atoms with E-state index < -0.39 is 0 Å². The van der Waals surface area contributed by atoms with Gasteiger partial charge in [-0.2, -0.15) is 0 Å². The lowest BCUT2D eigenvalue weighted by molar-refractivity contribution is -0.121. The number of methoxy groups -OCH3 is 1. The van der Waals surface area contributed by atoms with E-state index in [4.69, 9.17) is 4.74 Å². The molecule has 23 heavy (non-hydrogen) atoms. The van der Waals surface area contributed by atoms with E-state index in [0.717, 1.165) is 30.6 Å². The highest BCUT2D eigenvalue weighted by Gasteiger charge is 2.21. The molecular formula is C20H23NO2. The summed E-state index contributed by atoms with van der Waals surface area (Å²) in [5.74, 6) is 0.959. The van der Waals surface area contributed by atoms with Crippen LogP contribution in [0.25, 0.3) is 0 Å². The molecule has 3 nitrogen and oxygen atoms in total. The number of amides is 1. The van der Waals surface area contributed by atoms with Crippen LogP contribution in [0.5, 0.6) is 5.75 Å². The molecule has 0 radical (unpaired) electrons. The van der Waals surface area contributed by atoms with Crippen LogP contribution < -0.4 is 10.1 Å². The van der Waals surface area contributed by atoms with Crippen molar-refractivity contribution in [2.45, 2.75) is 38.1 Å². The molecule has 2 aromatic carbocycles. The lowest BCUT2D eigenvalue weighted by Gasteiger charge is -2.26. The first-order chi connectivity index (χ1) is 11.3. The molecule has 0 saturated heterocycles. The summed E-state index contributed by atoms with van der Waals surface area (Å²) in [7, 11) is 1.66. The second kappa shape index (κ2) is 7.32. The Morgan fingerprint density at radius 3 is 2.83 bits per heavy atom. The fourth-order valence-electron chi connectivity index (χ4n) is 3.33. The van der Waals surface area contributed by atoms with E-state index in [-0.39, 0.29) is 11.9 Å². The Kier molecular flexibility index (Phi) is 4.96. The summed E-state index contributed by atoms with van der Waals surface area (Å²) in [4.78, 5) is 12.3. The molecule has 3 rings (SSSR count). The molecular weight excluding hydrogens is 286 g/mol. The zero-order chi connectivity index (χ0) is 16.1. The summed E-state index contributed by atoms with van der Waals surface area (Å²) in [6, 6.07) is 16.5. The Hall–Kier alpha value is -2.29. The first kappa shape index (κ1) is 15.6. The third-order valence-corrected chi connectivity index (χ3v) is 4.52. The monoisotopic (exact) mass is 309 g/mol. The Bertz CT molecular complexity index is 681. The van der Waals surface area contributed by atoms with Crippen molar-refractivity contribution in [1.82, 2.24) is 5.32 Å². The molecule has 120 valence electrons. The van der Waals surface area contributed by atoms with Gasteiger partial charge in [0.05, 0.1) is 13.2 Å². The van der Waals surface area contributed by atoms with E-state index in [2.05, 4.69) is 29.6 Å². The number of carbonyl (C=O) groups is 1. The van der Waals surface area contributed by atoms with Crippen LogP contribution >= 0.6 is 0 Å². The molecule has 0 spiro atoms. The molecule has 3 heteroatoms. The minimum atomic E-state index is 0.109. The van der Waals surface area contributed by atoms with Crippen molar-refractivity contribution in [3.8, 4) is 5.75 Å². The SMILES string of the molecule is COc1ccccc1CCC(=O)N[C@H]1CCCc2ccccc21. The Balaban J connectivity index is 1.60. The zero-order valence-corrected chi connectivity index (χ0v) is 13.5. The number of aryl methyl sites for hydroxylation is 2. The van der Waals surface area contributed by atoms with Gasteiger partial charge in [-0.1, -0.05) is 42.5 Å². The highest BCUT2D eigenvalue weighted by Crippen LogP contribution is 2.29. The van der Waals surface area contributed by atoms with Crippen molar-refractivity contribution in [2.24, 2.45) is 0 Å². The number of carbonyl (C=O) groups excluding carboxylic acids is 1. The smallest absolute Gasteiger partial charge is 0.220 e. The molecule has 0 fully saturated rings. The van der Waals surface area contributed by atoms with Crippen molar-refractivity contribution < 1.29 is 9.53 Å². The number of rotatable bonds is 5. The maximum absolute atomic E-state index is 12.3. The third kappa shape index (κ3) is 3.73. The first-order valence-electron chi connectivity index (χ1n) is 8.27. The summed E-state index contributed by atoms with van der Waals surface area (Å²) >= 11 is 0. The normalized spacial score (nSPS) is 16.5. The molecule has 1 atom stereocenters. The summed E-state index contributed by atoms with van der Waals surface area (Å²) < 4.78 is 5.34. The van der Waals surface area contributed by atoms with E-state index in [0.29, 0.717) is 12.8 Å². The number of ether oxygens (including phenoxy) is 1. The van der Waals surface area contributed by atoms with Crippen LogP contribution in [0.15, 0.2) is 48.5 Å². The van der Waals surface area contributed by atoms with Gasteiger partial charge in [-0.05, 0) is 48.4 Å². The maximum Gasteiger partial charge on any atom is 0.220 e. The molecule has 1 N–H and O–H groups in total. The van der Waals surface area contributed by atoms with E-state index >= 15 is 0 Å². The topological polar surface area (TPSA) is 38.3 Å². The predicted molar refractivity (Wildman–Crippen MR) is 91.6 cm³/mol. The number of hydrogen-bond acceptors (Lipinski definition) is 2. The van der Waals surface area contributed by atoms with Gasteiger partial charge < -0.3 is 10.1 Å². The molecule has 0 bridgehead atoms. The van der Waals surface area contributed by atoms with Gasteiger partial charge in [-0.15, -0.1) is 0 Å². The van der Waals surface area contributed by atoms with Gasteiger partial charge in [-0.25, -0.2) is 0 Å². The molecule has 0 unspecified atom stereocenters. The van der Waals surface area contributed by atoms with Crippen LogP contribution in [0.1, 0.15) is 42.0 Å². The second-order valence-corrected chi connectivity index (χ2v) is 6.02.